The molecule has 1 aromatic heterocycles. The van der Waals surface area contributed by atoms with Crippen LogP contribution in [0, 0.1) is 12.7 Å². The third-order valence-corrected chi connectivity index (χ3v) is 3.85. The van der Waals surface area contributed by atoms with Gasteiger partial charge in [0.15, 0.2) is 6.10 Å². The first-order valence-electron chi connectivity index (χ1n) is 7.49. The van der Waals surface area contributed by atoms with Crippen LogP contribution >= 0.6 is 23.2 Å². The third-order valence-electron chi connectivity index (χ3n) is 3.37. The van der Waals surface area contributed by atoms with Crippen LogP contribution in [0.4, 0.5) is 4.39 Å². The van der Waals surface area contributed by atoms with Gasteiger partial charge in [-0.25, -0.2) is 14.2 Å². The summed E-state index contributed by atoms with van der Waals surface area (Å²) in [6.07, 6.45) is 1.12. The van der Waals surface area contributed by atoms with E-state index in [1.165, 1.54) is 24.3 Å². The van der Waals surface area contributed by atoms with E-state index in [4.69, 9.17) is 27.9 Å². The van der Waals surface area contributed by atoms with E-state index in [-0.39, 0.29) is 22.5 Å². The van der Waals surface area contributed by atoms with Crippen molar-refractivity contribution in [2.24, 2.45) is 0 Å². The zero-order valence-corrected chi connectivity index (χ0v) is 15.1. The number of nitrogens with zero attached hydrogens (tertiary/aromatic N) is 1. The fourth-order valence-corrected chi connectivity index (χ4v) is 2.70. The van der Waals surface area contributed by atoms with E-state index in [2.05, 4.69) is 4.98 Å². The zero-order valence-electron chi connectivity index (χ0n) is 13.6. The average Bonchev–Trinajstić information content (AvgIpc) is 2.53. The van der Waals surface area contributed by atoms with E-state index in [1.807, 2.05) is 0 Å². The van der Waals surface area contributed by atoms with Crippen molar-refractivity contribution >= 4 is 35.2 Å². The zero-order chi connectivity index (χ0) is 18.6. The molecule has 1 atom stereocenters. The van der Waals surface area contributed by atoms with Gasteiger partial charge in [0.25, 0.3) is 0 Å². The molecule has 0 fully saturated rings. The smallest absolute Gasteiger partial charge is 0.339 e. The Morgan fingerprint density at radius 3 is 2.72 bits per heavy atom. The molecule has 0 aliphatic heterocycles. The lowest BCUT2D eigenvalue weighted by molar-refractivity contribution is -0.150. The van der Waals surface area contributed by atoms with Gasteiger partial charge in [-0.15, -0.1) is 0 Å². The number of aliphatic hydroxyl groups excluding tert-OH is 1. The van der Waals surface area contributed by atoms with Crippen molar-refractivity contribution in [1.82, 2.24) is 4.98 Å². The lowest BCUT2D eigenvalue weighted by atomic mass is 9.99. The lowest BCUT2D eigenvalue weighted by Gasteiger charge is -2.11. The number of ether oxygens (including phenoxy) is 1. The monoisotopic (exact) mass is 383 g/mol. The number of carbonyl (C=O) groups is 1. The van der Waals surface area contributed by atoms with Crippen LogP contribution in [0.2, 0.25) is 10.3 Å². The highest BCUT2D eigenvalue weighted by atomic mass is 35.5. The molecular formula is C18H16Cl2FNO3. The first-order chi connectivity index (χ1) is 11.8. The van der Waals surface area contributed by atoms with Gasteiger partial charge in [0.2, 0.25) is 0 Å². The average molecular weight is 384 g/mol. The van der Waals surface area contributed by atoms with E-state index in [0.29, 0.717) is 11.1 Å². The number of aryl methyl sites for hydroxylation is 1. The third kappa shape index (κ3) is 4.78. The highest BCUT2D eigenvalue weighted by Gasteiger charge is 2.16. The van der Waals surface area contributed by atoms with Gasteiger partial charge in [-0.3, -0.25) is 0 Å². The van der Waals surface area contributed by atoms with E-state index in [1.54, 1.807) is 26.0 Å². The Bertz CT molecular complexity index is 824. The van der Waals surface area contributed by atoms with Crippen molar-refractivity contribution in [2.75, 3.05) is 6.61 Å². The van der Waals surface area contributed by atoms with Gasteiger partial charge in [0.1, 0.15) is 16.1 Å². The van der Waals surface area contributed by atoms with Gasteiger partial charge >= 0.3 is 5.97 Å². The van der Waals surface area contributed by atoms with Crippen molar-refractivity contribution in [1.29, 1.82) is 0 Å². The van der Waals surface area contributed by atoms with Crippen LogP contribution in [0.25, 0.3) is 17.2 Å². The second kappa shape index (κ2) is 8.43. The Morgan fingerprint density at radius 1 is 1.36 bits per heavy atom. The predicted molar refractivity (Wildman–Crippen MR) is 96.1 cm³/mol. The molecule has 2 aromatic rings. The summed E-state index contributed by atoms with van der Waals surface area (Å²) in [5.74, 6) is -1.24. The molecule has 0 spiro atoms. The summed E-state index contributed by atoms with van der Waals surface area (Å²) in [7, 11) is 0. The first kappa shape index (κ1) is 19.4. The quantitative estimate of drug-likeness (QED) is 0.612. The van der Waals surface area contributed by atoms with Gasteiger partial charge in [-0.05, 0) is 43.2 Å². The van der Waals surface area contributed by atoms with E-state index in [0.717, 1.165) is 5.56 Å². The minimum atomic E-state index is -1.47. The number of carbonyl (C=O) groups excluding carboxylic acids is 1. The molecule has 132 valence electrons. The molecule has 7 heteroatoms. The number of aliphatic hydroxyl groups is 1. The molecule has 2 rings (SSSR count). The second-order valence-corrected chi connectivity index (χ2v) is 5.98. The van der Waals surface area contributed by atoms with Gasteiger partial charge in [0.05, 0.1) is 6.61 Å². The maximum Gasteiger partial charge on any atom is 0.339 e. The lowest BCUT2D eigenvalue weighted by Crippen LogP contribution is -2.20. The maximum atomic E-state index is 14.4. The summed E-state index contributed by atoms with van der Waals surface area (Å²) in [5.41, 5.74) is 1.77. The minimum Gasteiger partial charge on any atom is -0.464 e. The predicted octanol–water partition coefficient (Wildman–Crippen LogP) is 4.44. The largest absolute Gasteiger partial charge is 0.464 e. The highest BCUT2D eigenvalue weighted by Crippen LogP contribution is 2.33. The molecule has 25 heavy (non-hydrogen) atoms. The number of hydrogen-bond donors (Lipinski definition) is 1. The number of esters is 1. The number of halogens is 3. The van der Waals surface area contributed by atoms with Crippen LogP contribution in [-0.2, 0) is 9.53 Å². The Kier molecular flexibility index (Phi) is 6.53. The summed E-state index contributed by atoms with van der Waals surface area (Å²) in [4.78, 5) is 15.4. The Balaban J connectivity index is 2.49. The maximum absolute atomic E-state index is 14.4. The topological polar surface area (TPSA) is 59.4 Å². The summed E-state index contributed by atoms with van der Waals surface area (Å²) < 4.78 is 19.1. The molecule has 1 N–H and O–H groups in total. The van der Waals surface area contributed by atoms with E-state index in [9.17, 15) is 14.3 Å². The molecule has 0 aliphatic carbocycles. The standard InChI is InChI=1S/C18H16Cl2FNO3/c1-3-25-18(24)15(23)7-6-12-13(9-16(19)22-17(12)20)11-5-4-10(2)8-14(11)21/h4-9,15,23H,3H2,1-2H3/b7-6+. The van der Waals surface area contributed by atoms with Gasteiger partial charge in [-0.2, -0.15) is 0 Å². The van der Waals surface area contributed by atoms with Crippen LogP contribution in [0.15, 0.2) is 30.3 Å². The van der Waals surface area contributed by atoms with Crippen LogP contribution in [0.3, 0.4) is 0 Å². The van der Waals surface area contributed by atoms with Gasteiger partial charge in [0, 0.05) is 11.1 Å². The first-order valence-corrected chi connectivity index (χ1v) is 8.24. The van der Waals surface area contributed by atoms with Crippen LogP contribution < -0.4 is 0 Å². The SMILES string of the molecule is CCOC(=O)C(O)/C=C/c1c(-c2ccc(C)cc2F)cc(Cl)nc1Cl. The van der Waals surface area contributed by atoms with E-state index < -0.39 is 17.9 Å². The van der Waals surface area contributed by atoms with Gasteiger partial charge < -0.3 is 9.84 Å². The van der Waals surface area contributed by atoms with Crippen molar-refractivity contribution in [2.45, 2.75) is 20.0 Å². The molecule has 0 saturated heterocycles. The fourth-order valence-electron chi connectivity index (χ4n) is 2.21. The Hall–Kier alpha value is -1.95. The molecular weight excluding hydrogens is 368 g/mol. The normalized spacial score (nSPS) is 12.4. The van der Waals surface area contributed by atoms with Crippen LogP contribution in [0.5, 0.6) is 0 Å². The molecule has 1 unspecified atom stereocenters. The molecule has 0 radical (unpaired) electrons. The van der Waals surface area contributed by atoms with Crippen molar-refractivity contribution in [3.63, 3.8) is 0 Å². The molecule has 1 heterocycles. The Morgan fingerprint density at radius 2 is 2.08 bits per heavy atom. The number of benzene rings is 1. The molecule has 4 nitrogen and oxygen atoms in total. The van der Waals surface area contributed by atoms with Crippen LogP contribution in [0.1, 0.15) is 18.1 Å². The number of aromatic nitrogens is 1. The minimum absolute atomic E-state index is 0.0229. The summed E-state index contributed by atoms with van der Waals surface area (Å²) in [5, 5.41) is 9.91. The molecule has 1 aromatic carbocycles. The number of pyridine rings is 1. The highest BCUT2D eigenvalue weighted by molar-refractivity contribution is 6.34. The summed E-state index contributed by atoms with van der Waals surface area (Å²) >= 11 is 12.1. The van der Waals surface area contributed by atoms with Crippen molar-refractivity contribution < 1.29 is 19.0 Å². The van der Waals surface area contributed by atoms with Crippen molar-refractivity contribution in [3.05, 3.63) is 57.6 Å². The summed E-state index contributed by atoms with van der Waals surface area (Å²) in [6.45, 7) is 3.55. The molecule has 0 aliphatic rings. The van der Waals surface area contributed by atoms with Crippen molar-refractivity contribution in [3.8, 4) is 11.1 Å². The van der Waals surface area contributed by atoms with Gasteiger partial charge in [-0.1, -0.05) is 41.4 Å². The van der Waals surface area contributed by atoms with E-state index >= 15 is 0 Å². The molecule has 0 saturated carbocycles. The second-order valence-electron chi connectivity index (χ2n) is 5.24. The summed E-state index contributed by atoms with van der Waals surface area (Å²) in [6, 6.07) is 6.21. The fraction of sp³-hybridized carbons (Fsp3) is 0.222. The number of hydrogen-bond acceptors (Lipinski definition) is 4. The Labute approximate surface area is 154 Å². The number of rotatable bonds is 5. The van der Waals surface area contributed by atoms with Crippen LogP contribution in [-0.4, -0.2) is 28.8 Å². The molecule has 0 amide bonds. The molecule has 0 bridgehead atoms.